The van der Waals surface area contributed by atoms with Gasteiger partial charge in [-0.15, -0.1) is 0 Å². The van der Waals surface area contributed by atoms with Gasteiger partial charge in [0, 0.05) is 11.6 Å². The summed E-state index contributed by atoms with van der Waals surface area (Å²) in [7, 11) is 0. The van der Waals surface area contributed by atoms with Crippen molar-refractivity contribution in [2.45, 2.75) is 6.92 Å². The second-order valence-electron chi connectivity index (χ2n) is 5.82. The fourth-order valence-corrected chi connectivity index (χ4v) is 5.81. The summed E-state index contributed by atoms with van der Waals surface area (Å²) in [5, 5.41) is 2.35. The maximum Gasteiger partial charge on any atom is 0.159 e. The maximum atomic E-state index is 11.4. The molecular weight excluding hydrogens is 343 g/mol. The minimum atomic E-state index is -2.03. The Balaban J connectivity index is 2.01. The molecule has 0 aliphatic carbocycles. The van der Waals surface area contributed by atoms with Crippen LogP contribution in [0.25, 0.3) is 6.08 Å². The zero-order chi connectivity index (χ0) is 17.7. The standard InChI is InChI=1S/C22H19OPS/c1-18(23)20-14-12-19(13-15-20)16-17-24(25,21-8-4-2-5-9-21)22-10-6-3-7-11-22/h2-17H,1H3/b17-16+. The van der Waals surface area contributed by atoms with Crippen LogP contribution in [0.1, 0.15) is 22.8 Å². The van der Waals surface area contributed by atoms with Gasteiger partial charge in [0.1, 0.15) is 0 Å². The van der Waals surface area contributed by atoms with Crippen molar-refractivity contribution in [2.75, 3.05) is 0 Å². The molecule has 0 radical (unpaired) electrons. The van der Waals surface area contributed by atoms with Gasteiger partial charge in [0.2, 0.25) is 0 Å². The molecule has 25 heavy (non-hydrogen) atoms. The molecule has 0 atom stereocenters. The van der Waals surface area contributed by atoms with Gasteiger partial charge in [-0.25, -0.2) is 0 Å². The number of ketones is 1. The summed E-state index contributed by atoms with van der Waals surface area (Å²) >= 11 is 6.17. The van der Waals surface area contributed by atoms with E-state index in [2.05, 4.69) is 36.2 Å². The topological polar surface area (TPSA) is 17.1 Å². The molecule has 1 nitrogen and oxygen atoms in total. The fourth-order valence-electron chi connectivity index (χ4n) is 2.64. The van der Waals surface area contributed by atoms with Crippen molar-refractivity contribution < 1.29 is 4.79 Å². The first-order chi connectivity index (χ1) is 12.1. The van der Waals surface area contributed by atoms with Crippen molar-refractivity contribution in [1.29, 1.82) is 0 Å². The molecule has 3 heteroatoms. The molecule has 124 valence electrons. The third kappa shape index (κ3) is 4.04. The molecule has 0 aromatic heterocycles. The molecule has 0 N–H and O–H groups in total. The summed E-state index contributed by atoms with van der Waals surface area (Å²) in [6.07, 6.45) is 2.07. The van der Waals surface area contributed by atoms with Gasteiger partial charge in [-0.05, 0) is 28.9 Å². The van der Waals surface area contributed by atoms with Crippen molar-refractivity contribution in [3.05, 3.63) is 102 Å². The Morgan fingerprint density at radius 1 is 0.800 bits per heavy atom. The van der Waals surface area contributed by atoms with Crippen molar-refractivity contribution in [3.8, 4) is 0 Å². The van der Waals surface area contributed by atoms with E-state index >= 15 is 0 Å². The fraction of sp³-hybridized carbons (Fsp3) is 0.0455. The van der Waals surface area contributed by atoms with E-state index in [-0.39, 0.29) is 5.78 Å². The highest BCUT2D eigenvalue weighted by molar-refractivity contribution is 8.23. The largest absolute Gasteiger partial charge is 0.295 e. The Labute approximate surface area is 154 Å². The summed E-state index contributed by atoms with van der Waals surface area (Å²) in [5.74, 6) is 2.24. The molecule has 0 aliphatic heterocycles. The molecule has 0 saturated carbocycles. The predicted octanol–water partition coefficient (Wildman–Crippen LogP) is 4.99. The van der Waals surface area contributed by atoms with E-state index in [1.807, 2.05) is 60.7 Å². The zero-order valence-electron chi connectivity index (χ0n) is 14.0. The van der Waals surface area contributed by atoms with Crippen molar-refractivity contribution >= 4 is 40.3 Å². The SMILES string of the molecule is CC(=O)c1ccc(/C=C/P(=S)(c2ccccc2)c2ccccc2)cc1. The maximum absolute atomic E-state index is 11.4. The molecule has 0 unspecified atom stereocenters. The highest BCUT2D eigenvalue weighted by Gasteiger charge is 2.18. The summed E-state index contributed by atoms with van der Waals surface area (Å²) in [6.45, 7) is 1.58. The Morgan fingerprint density at radius 2 is 1.28 bits per heavy atom. The molecule has 0 fully saturated rings. The number of carbonyl (C=O) groups excluding carboxylic acids is 1. The van der Waals surface area contributed by atoms with Gasteiger partial charge in [-0.2, -0.15) is 0 Å². The average Bonchev–Trinajstić information content (AvgIpc) is 2.68. The molecule has 0 saturated heterocycles. The van der Waals surface area contributed by atoms with E-state index < -0.39 is 6.04 Å². The summed E-state index contributed by atoms with van der Waals surface area (Å²) < 4.78 is 0. The van der Waals surface area contributed by atoms with E-state index in [1.54, 1.807) is 6.92 Å². The highest BCUT2D eigenvalue weighted by Crippen LogP contribution is 2.45. The van der Waals surface area contributed by atoms with Crippen LogP contribution in [0, 0.1) is 0 Å². The lowest BCUT2D eigenvalue weighted by Crippen LogP contribution is -2.13. The molecule has 0 aliphatic rings. The molecule has 0 spiro atoms. The van der Waals surface area contributed by atoms with Crippen LogP contribution in [-0.4, -0.2) is 5.78 Å². The average molecular weight is 362 g/mol. The number of benzene rings is 3. The van der Waals surface area contributed by atoms with Crippen molar-refractivity contribution in [1.82, 2.24) is 0 Å². The lowest BCUT2D eigenvalue weighted by Gasteiger charge is -2.19. The smallest absolute Gasteiger partial charge is 0.159 e. The van der Waals surface area contributed by atoms with Gasteiger partial charge in [-0.1, -0.05) is 103 Å². The van der Waals surface area contributed by atoms with Crippen LogP contribution in [-0.2, 0) is 11.8 Å². The van der Waals surface area contributed by atoms with Gasteiger partial charge < -0.3 is 0 Å². The number of rotatable bonds is 5. The minimum absolute atomic E-state index is 0.0780. The molecule has 3 aromatic carbocycles. The lowest BCUT2D eigenvalue weighted by atomic mass is 10.1. The first kappa shape index (κ1) is 17.5. The number of hydrogen-bond acceptors (Lipinski definition) is 2. The lowest BCUT2D eigenvalue weighted by molar-refractivity contribution is 0.101. The second kappa shape index (κ2) is 7.74. The number of carbonyl (C=O) groups is 1. The van der Waals surface area contributed by atoms with Crippen molar-refractivity contribution in [3.63, 3.8) is 0 Å². The van der Waals surface area contributed by atoms with Crippen LogP contribution >= 0.6 is 6.04 Å². The normalized spacial score (nSPS) is 11.6. The Bertz CT molecular complexity index is 885. The van der Waals surface area contributed by atoms with Gasteiger partial charge in [0.05, 0.1) is 0 Å². The quantitative estimate of drug-likeness (QED) is 0.470. The second-order valence-corrected chi connectivity index (χ2v) is 10.2. The van der Waals surface area contributed by atoms with Crippen LogP contribution in [0.3, 0.4) is 0 Å². The Kier molecular flexibility index (Phi) is 5.43. The predicted molar refractivity (Wildman–Crippen MR) is 112 cm³/mol. The molecule has 0 amide bonds. The van der Waals surface area contributed by atoms with E-state index in [4.69, 9.17) is 11.8 Å². The van der Waals surface area contributed by atoms with Gasteiger partial charge >= 0.3 is 0 Å². The molecule has 0 bridgehead atoms. The summed E-state index contributed by atoms with van der Waals surface area (Å²) in [5.41, 5.74) is 1.77. The number of hydrogen-bond donors (Lipinski definition) is 0. The van der Waals surface area contributed by atoms with Gasteiger partial charge in [0.15, 0.2) is 5.78 Å². The molecular formula is C22H19OPS. The first-order valence-electron chi connectivity index (χ1n) is 8.11. The van der Waals surface area contributed by atoms with Gasteiger partial charge in [0.25, 0.3) is 0 Å². The van der Waals surface area contributed by atoms with Crippen LogP contribution in [0.2, 0.25) is 0 Å². The van der Waals surface area contributed by atoms with E-state index in [0.29, 0.717) is 0 Å². The van der Waals surface area contributed by atoms with E-state index in [1.165, 1.54) is 10.6 Å². The molecule has 3 aromatic rings. The van der Waals surface area contributed by atoms with Crippen LogP contribution in [0.5, 0.6) is 0 Å². The minimum Gasteiger partial charge on any atom is -0.295 e. The zero-order valence-corrected chi connectivity index (χ0v) is 15.7. The van der Waals surface area contributed by atoms with Crippen LogP contribution < -0.4 is 10.6 Å². The molecule has 3 rings (SSSR count). The monoisotopic (exact) mass is 362 g/mol. The first-order valence-corrected chi connectivity index (χ1v) is 11.0. The molecule has 0 heterocycles. The number of Topliss-reactive ketones (excluding diaryl/α,β-unsaturated/α-hetero) is 1. The van der Waals surface area contributed by atoms with E-state index in [0.717, 1.165) is 11.1 Å². The third-order valence-corrected chi connectivity index (χ3v) is 8.40. The Morgan fingerprint density at radius 3 is 1.72 bits per heavy atom. The summed E-state index contributed by atoms with van der Waals surface area (Å²) in [6, 6.07) is 26.2. The van der Waals surface area contributed by atoms with Crippen molar-refractivity contribution in [2.24, 2.45) is 0 Å². The third-order valence-electron chi connectivity index (χ3n) is 4.07. The summed E-state index contributed by atoms with van der Waals surface area (Å²) in [4.78, 5) is 11.4. The van der Waals surface area contributed by atoms with Crippen LogP contribution in [0.15, 0.2) is 90.7 Å². The van der Waals surface area contributed by atoms with Gasteiger partial charge in [-0.3, -0.25) is 4.79 Å². The van der Waals surface area contributed by atoms with Crippen LogP contribution in [0.4, 0.5) is 0 Å². The highest BCUT2D eigenvalue weighted by atomic mass is 32.4. The Hall–Kier alpha value is -2.28. The van der Waals surface area contributed by atoms with E-state index in [9.17, 15) is 4.79 Å².